The number of Topliss-reactive ketones (excluding diaryl/α,β-unsaturated/α-hetero) is 1. The van der Waals surface area contributed by atoms with E-state index in [0.29, 0.717) is 33.5 Å². The van der Waals surface area contributed by atoms with E-state index in [4.69, 9.17) is 13.9 Å². The maximum Gasteiger partial charge on any atom is 0.294 e. The van der Waals surface area contributed by atoms with Crippen LogP contribution in [0.1, 0.15) is 34.6 Å². The third-order valence-corrected chi connectivity index (χ3v) is 6.28. The van der Waals surface area contributed by atoms with Crippen LogP contribution in [0.25, 0.3) is 11.0 Å². The number of carbonyl (C=O) groups excluding carboxylic acids is 2. The molecule has 0 bridgehead atoms. The highest BCUT2D eigenvalue weighted by atomic mass is 16.5. The largest absolute Gasteiger partial charge is 0.504 e. The SMILES string of the molecule is CCOc1cc(C2C(C(=O)c3cc4cccc(OC)c4o3)=C(O)C(=O)N2c2ccc(C#N)cc2)ccc1O. The zero-order valence-electron chi connectivity index (χ0n) is 20.5. The lowest BCUT2D eigenvalue weighted by Crippen LogP contribution is -2.31. The Morgan fingerprint density at radius 1 is 1.08 bits per heavy atom. The molecule has 1 aromatic heterocycles. The zero-order valence-corrected chi connectivity index (χ0v) is 20.5. The summed E-state index contributed by atoms with van der Waals surface area (Å²) in [6.45, 7) is 2.03. The van der Waals surface area contributed by atoms with E-state index >= 15 is 0 Å². The molecule has 2 heterocycles. The van der Waals surface area contributed by atoms with Crippen molar-refractivity contribution in [1.29, 1.82) is 5.26 Å². The van der Waals surface area contributed by atoms with Gasteiger partial charge in [0.2, 0.25) is 5.78 Å². The van der Waals surface area contributed by atoms with E-state index in [-0.39, 0.29) is 29.4 Å². The van der Waals surface area contributed by atoms with Crippen LogP contribution < -0.4 is 14.4 Å². The predicted octanol–water partition coefficient (Wildman–Crippen LogP) is 5.20. The number of aliphatic hydroxyl groups excluding tert-OH is 1. The number of anilines is 1. The predicted molar refractivity (Wildman–Crippen MR) is 137 cm³/mol. The molecule has 0 spiro atoms. The molecule has 0 aliphatic carbocycles. The molecular weight excluding hydrogens is 488 g/mol. The van der Waals surface area contributed by atoms with Crippen LogP contribution >= 0.6 is 0 Å². The molecule has 5 rings (SSSR count). The lowest BCUT2D eigenvalue weighted by molar-refractivity contribution is -0.117. The number of ether oxygens (including phenoxy) is 2. The summed E-state index contributed by atoms with van der Waals surface area (Å²) in [5, 5.41) is 31.1. The van der Waals surface area contributed by atoms with Crippen LogP contribution in [0.3, 0.4) is 0 Å². The van der Waals surface area contributed by atoms with Gasteiger partial charge in [-0.3, -0.25) is 14.5 Å². The molecule has 1 aliphatic rings. The van der Waals surface area contributed by atoms with Crippen LogP contribution in [0.4, 0.5) is 5.69 Å². The molecule has 0 fully saturated rings. The van der Waals surface area contributed by atoms with Gasteiger partial charge in [0, 0.05) is 11.1 Å². The quantitative estimate of drug-likeness (QED) is 0.324. The molecule has 1 atom stereocenters. The van der Waals surface area contributed by atoms with Crippen molar-refractivity contribution in [2.45, 2.75) is 13.0 Å². The van der Waals surface area contributed by atoms with Gasteiger partial charge in [-0.25, -0.2) is 0 Å². The molecule has 1 aliphatic heterocycles. The number of rotatable bonds is 7. The number of methoxy groups -OCH3 is 1. The molecule has 190 valence electrons. The Kier molecular flexibility index (Phi) is 6.23. The van der Waals surface area contributed by atoms with E-state index in [1.807, 2.05) is 6.07 Å². The summed E-state index contributed by atoms with van der Waals surface area (Å²) in [5.74, 6) is -1.85. The van der Waals surface area contributed by atoms with Crippen molar-refractivity contribution in [3.63, 3.8) is 0 Å². The molecule has 2 N–H and O–H groups in total. The first-order valence-corrected chi connectivity index (χ1v) is 11.7. The number of benzene rings is 3. The number of amides is 1. The number of aliphatic hydroxyl groups is 1. The molecule has 1 unspecified atom stereocenters. The highest BCUT2D eigenvalue weighted by Gasteiger charge is 2.45. The smallest absolute Gasteiger partial charge is 0.294 e. The molecule has 4 aromatic rings. The van der Waals surface area contributed by atoms with Gasteiger partial charge in [0.1, 0.15) is 0 Å². The minimum Gasteiger partial charge on any atom is -0.504 e. The molecule has 38 heavy (non-hydrogen) atoms. The molecule has 0 radical (unpaired) electrons. The van der Waals surface area contributed by atoms with Crippen molar-refractivity contribution in [2.24, 2.45) is 0 Å². The standard InChI is InChI=1S/C29H22N2O7/c1-3-37-22-13-17(9-12-20(22)32)25-24(26(33)23-14-18-5-4-6-21(36-2)28(18)38-23)27(34)29(35)31(25)19-10-7-16(15-30)8-11-19/h4-14,25,32,34H,3H2,1-2H3. The highest BCUT2D eigenvalue weighted by molar-refractivity contribution is 6.20. The number of fused-ring (bicyclic) bond motifs is 1. The van der Waals surface area contributed by atoms with Crippen LogP contribution in [0.5, 0.6) is 17.2 Å². The maximum absolute atomic E-state index is 13.9. The van der Waals surface area contributed by atoms with Crippen molar-refractivity contribution in [2.75, 3.05) is 18.6 Å². The Morgan fingerprint density at radius 3 is 2.53 bits per heavy atom. The average Bonchev–Trinajstić information content (AvgIpc) is 3.49. The summed E-state index contributed by atoms with van der Waals surface area (Å²) in [5.41, 5.74) is 1.29. The van der Waals surface area contributed by atoms with Gasteiger partial charge in [-0.1, -0.05) is 18.2 Å². The second kappa shape index (κ2) is 9.67. The van der Waals surface area contributed by atoms with E-state index in [2.05, 4.69) is 0 Å². The summed E-state index contributed by atoms with van der Waals surface area (Å²) in [6.07, 6.45) is 0. The number of nitriles is 1. The van der Waals surface area contributed by atoms with Gasteiger partial charge in [0.15, 0.2) is 34.4 Å². The van der Waals surface area contributed by atoms with E-state index in [0.717, 1.165) is 0 Å². The number of hydrogen-bond acceptors (Lipinski definition) is 8. The number of hydrogen-bond donors (Lipinski definition) is 2. The molecule has 0 saturated carbocycles. The molecule has 1 amide bonds. The second-order valence-corrected chi connectivity index (χ2v) is 8.48. The topological polar surface area (TPSA) is 133 Å². The highest BCUT2D eigenvalue weighted by Crippen LogP contribution is 2.44. The number of phenolic OH excluding ortho intramolecular Hbond substituents is 1. The number of phenols is 1. The number of furan rings is 1. The van der Waals surface area contributed by atoms with E-state index in [1.165, 1.54) is 42.3 Å². The molecule has 9 nitrogen and oxygen atoms in total. The van der Waals surface area contributed by atoms with Crippen LogP contribution in [0.15, 0.2) is 82.5 Å². The van der Waals surface area contributed by atoms with Crippen LogP contribution in [-0.4, -0.2) is 35.6 Å². The van der Waals surface area contributed by atoms with Crippen molar-refractivity contribution in [3.8, 4) is 23.3 Å². The number of carbonyl (C=O) groups is 2. The van der Waals surface area contributed by atoms with Crippen molar-refractivity contribution in [3.05, 3.63) is 94.9 Å². The van der Waals surface area contributed by atoms with E-state index in [1.54, 1.807) is 43.3 Å². The lowest BCUT2D eigenvalue weighted by Gasteiger charge is -2.27. The van der Waals surface area contributed by atoms with Crippen LogP contribution in [0, 0.1) is 11.3 Å². The first-order chi connectivity index (χ1) is 18.4. The summed E-state index contributed by atoms with van der Waals surface area (Å²) >= 11 is 0. The third kappa shape index (κ3) is 3.98. The van der Waals surface area contributed by atoms with Crippen molar-refractivity contribution >= 4 is 28.3 Å². The Hall–Kier alpha value is -5.23. The Labute approximate surface area is 217 Å². The Bertz CT molecular complexity index is 1640. The molecule has 9 heteroatoms. The first-order valence-electron chi connectivity index (χ1n) is 11.7. The van der Waals surface area contributed by atoms with Gasteiger partial charge in [0.25, 0.3) is 5.91 Å². The van der Waals surface area contributed by atoms with Gasteiger partial charge in [-0.2, -0.15) is 5.26 Å². The van der Waals surface area contributed by atoms with Crippen LogP contribution in [0.2, 0.25) is 0 Å². The van der Waals surface area contributed by atoms with E-state index < -0.39 is 23.5 Å². The van der Waals surface area contributed by atoms with Crippen molar-refractivity contribution < 1.29 is 33.7 Å². The van der Waals surface area contributed by atoms with Gasteiger partial charge in [-0.05, 0) is 61.0 Å². The van der Waals surface area contributed by atoms with Gasteiger partial charge >= 0.3 is 0 Å². The summed E-state index contributed by atoms with van der Waals surface area (Å²) in [4.78, 5) is 28.5. The minimum absolute atomic E-state index is 0.0886. The Morgan fingerprint density at radius 2 is 1.84 bits per heavy atom. The fourth-order valence-corrected chi connectivity index (χ4v) is 4.53. The number of aromatic hydroxyl groups is 1. The lowest BCUT2D eigenvalue weighted by atomic mass is 9.94. The monoisotopic (exact) mass is 510 g/mol. The fraction of sp³-hybridized carbons (Fsp3) is 0.138. The van der Waals surface area contributed by atoms with Gasteiger partial charge < -0.3 is 24.1 Å². The summed E-state index contributed by atoms with van der Waals surface area (Å²) in [7, 11) is 1.48. The third-order valence-electron chi connectivity index (χ3n) is 6.28. The van der Waals surface area contributed by atoms with Gasteiger partial charge in [0.05, 0.1) is 37.0 Å². The van der Waals surface area contributed by atoms with E-state index in [9.17, 15) is 25.1 Å². The van der Waals surface area contributed by atoms with Crippen LogP contribution in [-0.2, 0) is 4.79 Å². The number of ketones is 1. The zero-order chi connectivity index (χ0) is 27.0. The van der Waals surface area contributed by atoms with Crippen molar-refractivity contribution in [1.82, 2.24) is 0 Å². The summed E-state index contributed by atoms with van der Waals surface area (Å²) < 4.78 is 16.7. The number of nitrogens with zero attached hydrogens (tertiary/aromatic N) is 2. The maximum atomic E-state index is 13.9. The summed E-state index contributed by atoms with van der Waals surface area (Å²) in [6, 6.07) is 18.3. The fourth-order valence-electron chi connectivity index (χ4n) is 4.53. The number of para-hydroxylation sites is 1. The van der Waals surface area contributed by atoms with Gasteiger partial charge in [-0.15, -0.1) is 0 Å². The molecular formula is C29H22N2O7. The first kappa shape index (κ1) is 24.5. The average molecular weight is 511 g/mol. The molecule has 0 saturated heterocycles. The minimum atomic E-state index is -1.09. The molecule has 3 aromatic carbocycles. The second-order valence-electron chi connectivity index (χ2n) is 8.48. The Balaban J connectivity index is 1.67. The normalized spacial score (nSPS) is 15.1.